The molecule has 0 aromatic carbocycles. The topological polar surface area (TPSA) is 50.4 Å². The smallest absolute Gasteiger partial charge is 0.188 e. The van der Waals surface area contributed by atoms with Gasteiger partial charge in [-0.15, -0.1) is 0 Å². The van der Waals surface area contributed by atoms with Crippen molar-refractivity contribution < 1.29 is 0 Å². The highest BCUT2D eigenvalue weighted by Crippen LogP contribution is 2.07. The molecule has 0 amide bonds. The van der Waals surface area contributed by atoms with Crippen LogP contribution in [0.15, 0.2) is 17.1 Å². The van der Waals surface area contributed by atoms with Crippen molar-refractivity contribution >= 4 is 5.96 Å². The lowest BCUT2D eigenvalue weighted by Gasteiger charge is -2.11. The minimum absolute atomic E-state index is 0.476. The lowest BCUT2D eigenvalue weighted by Crippen LogP contribution is -2.38. The molecular formula is C7H13N3. The minimum Gasteiger partial charge on any atom is -0.370 e. The lowest BCUT2D eigenvalue weighted by atomic mass is 10.2. The van der Waals surface area contributed by atoms with E-state index in [1.807, 2.05) is 0 Å². The monoisotopic (exact) mass is 139 g/mol. The maximum atomic E-state index is 5.46. The Morgan fingerprint density at radius 2 is 2.20 bits per heavy atom. The van der Waals surface area contributed by atoms with Crippen LogP contribution < -0.4 is 11.1 Å². The molecule has 0 aromatic heterocycles. The van der Waals surface area contributed by atoms with E-state index >= 15 is 0 Å². The Hall–Kier alpha value is -0.990. The van der Waals surface area contributed by atoms with Gasteiger partial charge >= 0.3 is 0 Å². The number of hydrogen-bond donors (Lipinski definition) is 2. The van der Waals surface area contributed by atoms with Gasteiger partial charge in [0.2, 0.25) is 0 Å². The molecule has 0 saturated carbocycles. The second-order valence-electron chi connectivity index (χ2n) is 2.39. The molecule has 10 heavy (non-hydrogen) atoms. The molecule has 0 aliphatic heterocycles. The summed E-state index contributed by atoms with van der Waals surface area (Å²) in [7, 11) is 1.69. The van der Waals surface area contributed by atoms with Gasteiger partial charge in [-0.25, -0.2) is 0 Å². The average molecular weight is 139 g/mol. The van der Waals surface area contributed by atoms with E-state index < -0.39 is 0 Å². The average Bonchev–Trinajstić information content (AvgIpc) is 2.40. The summed E-state index contributed by atoms with van der Waals surface area (Å²) in [5, 5.41) is 3.09. The van der Waals surface area contributed by atoms with Gasteiger partial charge in [-0.05, 0) is 12.8 Å². The van der Waals surface area contributed by atoms with Crippen LogP contribution in [0.5, 0.6) is 0 Å². The number of nitrogens with zero attached hydrogens (tertiary/aromatic N) is 1. The molecule has 0 atom stereocenters. The van der Waals surface area contributed by atoms with Crippen LogP contribution in [0, 0.1) is 0 Å². The van der Waals surface area contributed by atoms with Gasteiger partial charge in [0.25, 0.3) is 0 Å². The maximum Gasteiger partial charge on any atom is 0.188 e. The molecular weight excluding hydrogens is 126 g/mol. The van der Waals surface area contributed by atoms with Crippen molar-refractivity contribution in [3.05, 3.63) is 12.2 Å². The highest BCUT2D eigenvalue weighted by atomic mass is 15.1. The fourth-order valence-corrected chi connectivity index (χ4v) is 1.01. The van der Waals surface area contributed by atoms with Crippen molar-refractivity contribution in [1.29, 1.82) is 0 Å². The third kappa shape index (κ3) is 1.76. The summed E-state index contributed by atoms with van der Waals surface area (Å²) in [6.45, 7) is 0. The van der Waals surface area contributed by atoms with Gasteiger partial charge in [-0.3, -0.25) is 4.99 Å². The van der Waals surface area contributed by atoms with Crippen LogP contribution in [0.2, 0.25) is 0 Å². The summed E-state index contributed by atoms with van der Waals surface area (Å²) in [6, 6.07) is 0.476. The summed E-state index contributed by atoms with van der Waals surface area (Å²) < 4.78 is 0. The Morgan fingerprint density at radius 3 is 2.70 bits per heavy atom. The highest BCUT2D eigenvalue weighted by molar-refractivity contribution is 5.78. The molecule has 1 rings (SSSR count). The van der Waals surface area contributed by atoms with Crippen molar-refractivity contribution in [3.63, 3.8) is 0 Å². The fourth-order valence-electron chi connectivity index (χ4n) is 1.01. The maximum absolute atomic E-state index is 5.46. The first-order chi connectivity index (χ1) is 4.83. The van der Waals surface area contributed by atoms with E-state index in [4.69, 9.17) is 5.73 Å². The quantitative estimate of drug-likeness (QED) is 0.310. The zero-order chi connectivity index (χ0) is 7.40. The largest absolute Gasteiger partial charge is 0.370 e. The fraction of sp³-hybridized carbons (Fsp3) is 0.571. The SMILES string of the molecule is CN=C(N)NC1CC=CC1. The predicted molar refractivity (Wildman–Crippen MR) is 42.8 cm³/mol. The Balaban J connectivity index is 2.26. The van der Waals surface area contributed by atoms with Crippen molar-refractivity contribution in [2.24, 2.45) is 10.7 Å². The van der Waals surface area contributed by atoms with Gasteiger partial charge in [0.05, 0.1) is 0 Å². The Kier molecular flexibility index (Phi) is 2.31. The van der Waals surface area contributed by atoms with Gasteiger partial charge in [-0.2, -0.15) is 0 Å². The number of rotatable bonds is 1. The van der Waals surface area contributed by atoms with E-state index in [1.165, 1.54) is 0 Å². The molecule has 1 aliphatic rings. The molecule has 0 spiro atoms. The minimum atomic E-state index is 0.476. The van der Waals surface area contributed by atoms with Gasteiger partial charge in [0.15, 0.2) is 5.96 Å². The van der Waals surface area contributed by atoms with Crippen LogP contribution >= 0.6 is 0 Å². The summed E-state index contributed by atoms with van der Waals surface area (Å²) in [5.41, 5.74) is 5.46. The van der Waals surface area contributed by atoms with Crippen LogP contribution in [-0.4, -0.2) is 19.0 Å². The molecule has 3 nitrogen and oxygen atoms in total. The molecule has 0 fully saturated rings. The zero-order valence-electron chi connectivity index (χ0n) is 6.17. The lowest BCUT2D eigenvalue weighted by molar-refractivity contribution is 0.648. The molecule has 1 aliphatic carbocycles. The molecule has 56 valence electrons. The van der Waals surface area contributed by atoms with Crippen LogP contribution in [0.1, 0.15) is 12.8 Å². The van der Waals surface area contributed by atoms with Crippen LogP contribution in [0.3, 0.4) is 0 Å². The zero-order valence-corrected chi connectivity index (χ0v) is 6.17. The first kappa shape index (κ1) is 7.12. The highest BCUT2D eigenvalue weighted by Gasteiger charge is 2.08. The molecule has 0 bridgehead atoms. The van der Waals surface area contributed by atoms with Crippen LogP contribution in [-0.2, 0) is 0 Å². The van der Waals surface area contributed by atoms with Crippen LogP contribution in [0.25, 0.3) is 0 Å². The van der Waals surface area contributed by atoms with Crippen molar-refractivity contribution in [2.45, 2.75) is 18.9 Å². The van der Waals surface area contributed by atoms with E-state index in [2.05, 4.69) is 22.5 Å². The van der Waals surface area contributed by atoms with Gasteiger partial charge < -0.3 is 11.1 Å². The van der Waals surface area contributed by atoms with Crippen molar-refractivity contribution in [1.82, 2.24) is 5.32 Å². The van der Waals surface area contributed by atoms with Gasteiger partial charge in [-0.1, -0.05) is 12.2 Å². The third-order valence-electron chi connectivity index (χ3n) is 1.60. The van der Waals surface area contributed by atoms with E-state index in [9.17, 15) is 0 Å². The predicted octanol–water partition coefficient (Wildman–Crippen LogP) is 0.239. The van der Waals surface area contributed by atoms with E-state index in [0.717, 1.165) is 12.8 Å². The first-order valence-corrected chi connectivity index (χ1v) is 3.46. The van der Waals surface area contributed by atoms with Crippen molar-refractivity contribution in [2.75, 3.05) is 7.05 Å². The normalized spacial score (nSPS) is 19.9. The molecule has 0 unspecified atom stereocenters. The van der Waals surface area contributed by atoms with Crippen LogP contribution in [0.4, 0.5) is 0 Å². The van der Waals surface area contributed by atoms with E-state index in [-0.39, 0.29) is 0 Å². The third-order valence-corrected chi connectivity index (χ3v) is 1.60. The Bertz CT molecular complexity index is 152. The molecule has 3 N–H and O–H groups in total. The number of hydrogen-bond acceptors (Lipinski definition) is 1. The number of nitrogens with one attached hydrogen (secondary N) is 1. The number of nitrogens with two attached hydrogens (primary N) is 1. The Morgan fingerprint density at radius 1 is 1.60 bits per heavy atom. The summed E-state index contributed by atoms with van der Waals surface area (Å²) >= 11 is 0. The summed E-state index contributed by atoms with van der Waals surface area (Å²) in [5.74, 6) is 0.536. The Labute approximate surface area is 61.0 Å². The van der Waals surface area contributed by atoms with E-state index in [1.54, 1.807) is 7.05 Å². The summed E-state index contributed by atoms with van der Waals surface area (Å²) in [4.78, 5) is 3.81. The molecule has 0 aromatic rings. The second-order valence-corrected chi connectivity index (χ2v) is 2.39. The van der Waals surface area contributed by atoms with E-state index in [0.29, 0.717) is 12.0 Å². The molecule has 3 heteroatoms. The molecule has 0 saturated heterocycles. The molecule has 0 radical (unpaired) electrons. The molecule has 0 heterocycles. The first-order valence-electron chi connectivity index (χ1n) is 3.46. The second kappa shape index (κ2) is 3.25. The van der Waals surface area contributed by atoms with Crippen molar-refractivity contribution in [3.8, 4) is 0 Å². The van der Waals surface area contributed by atoms with Gasteiger partial charge in [0.1, 0.15) is 0 Å². The number of guanidine groups is 1. The van der Waals surface area contributed by atoms with Gasteiger partial charge in [0, 0.05) is 13.1 Å². The number of aliphatic imine (C=N–C) groups is 1. The summed E-state index contributed by atoms with van der Waals surface area (Å²) in [6.07, 6.45) is 6.44. The standard InChI is InChI=1S/C7H13N3/c1-9-7(8)10-6-4-2-3-5-6/h2-3,6H,4-5H2,1H3,(H3,8,9,10).